The first-order valence-corrected chi connectivity index (χ1v) is 10.2. The zero-order valence-electron chi connectivity index (χ0n) is 15.2. The molecule has 1 aliphatic rings. The Kier molecular flexibility index (Phi) is 6.55. The summed E-state index contributed by atoms with van der Waals surface area (Å²) in [6.45, 7) is 8.45. The highest BCUT2D eigenvalue weighted by molar-refractivity contribution is 9.10. The van der Waals surface area contributed by atoms with Crippen LogP contribution in [0.3, 0.4) is 0 Å². The van der Waals surface area contributed by atoms with Crippen LogP contribution in [0.1, 0.15) is 44.6 Å². The number of piperidine rings is 1. The second-order valence-electron chi connectivity index (χ2n) is 7.32. The van der Waals surface area contributed by atoms with Crippen LogP contribution in [0.15, 0.2) is 53.0 Å². The Bertz CT molecular complexity index is 662. The fourth-order valence-electron chi connectivity index (χ4n) is 3.35. The van der Waals surface area contributed by atoms with Crippen LogP contribution in [0.5, 0.6) is 11.5 Å². The number of benzene rings is 2. The van der Waals surface area contributed by atoms with E-state index >= 15 is 0 Å². The van der Waals surface area contributed by atoms with Gasteiger partial charge in [0.25, 0.3) is 0 Å². The minimum atomic E-state index is 0.580. The highest BCUT2D eigenvalue weighted by atomic mass is 79.9. The smallest absolute Gasteiger partial charge is 0.141 e. The van der Waals surface area contributed by atoms with Gasteiger partial charge in [0, 0.05) is 0 Å². The third-order valence-corrected chi connectivity index (χ3v) is 5.92. The van der Waals surface area contributed by atoms with E-state index in [2.05, 4.69) is 58.9 Å². The standard InChI is InChI=1S/C22H28BrNO/c1-17-11-14-24(15-12-17)16-13-18(2)19-7-9-20(10-8-19)25-22-6-4-3-5-21(22)23/h3-10,17-18H,11-16H2,1-2H3. The summed E-state index contributed by atoms with van der Waals surface area (Å²) in [7, 11) is 0. The van der Waals surface area contributed by atoms with Crippen molar-refractivity contribution in [1.29, 1.82) is 0 Å². The van der Waals surface area contributed by atoms with Crippen molar-refractivity contribution in [3.8, 4) is 11.5 Å². The van der Waals surface area contributed by atoms with Gasteiger partial charge in [0.2, 0.25) is 0 Å². The molecule has 1 saturated heterocycles. The van der Waals surface area contributed by atoms with Crippen molar-refractivity contribution in [2.24, 2.45) is 5.92 Å². The maximum atomic E-state index is 5.95. The van der Waals surface area contributed by atoms with Gasteiger partial charge in [-0.1, -0.05) is 38.1 Å². The van der Waals surface area contributed by atoms with Crippen molar-refractivity contribution in [2.75, 3.05) is 19.6 Å². The Balaban J connectivity index is 1.52. The Labute approximate surface area is 160 Å². The quantitative estimate of drug-likeness (QED) is 0.549. The lowest BCUT2D eigenvalue weighted by molar-refractivity contribution is 0.187. The van der Waals surface area contributed by atoms with Crippen molar-refractivity contribution in [3.63, 3.8) is 0 Å². The van der Waals surface area contributed by atoms with E-state index in [4.69, 9.17) is 4.74 Å². The number of para-hydroxylation sites is 1. The van der Waals surface area contributed by atoms with Crippen LogP contribution < -0.4 is 4.74 Å². The molecule has 1 unspecified atom stereocenters. The van der Waals surface area contributed by atoms with Gasteiger partial charge in [0.1, 0.15) is 11.5 Å². The molecule has 1 fully saturated rings. The van der Waals surface area contributed by atoms with Crippen molar-refractivity contribution in [1.82, 2.24) is 4.90 Å². The lowest BCUT2D eigenvalue weighted by atomic mass is 9.95. The Morgan fingerprint density at radius 1 is 1.08 bits per heavy atom. The molecule has 0 saturated carbocycles. The fraction of sp³-hybridized carbons (Fsp3) is 0.455. The molecule has 2 aromatic carbocycles. The SMILES string of the molecule is CC1CCN(CCC(C)c2ccc(Oc3ccccc3Br)cc2)CC1. The first-order chi connectivity index (χ1) is 12.1. The van der Waals surface area contributed by atoms with Gasteiger partial charge >= 0.3 is 0 Å². The van der Waals surface area contributed by atoms with Gasteiger partial charge in [-0.05, 0) is 96.5 Å². The van der Waals surface area contributed by atoms with Crippen molar-refractivity contribution in [2.45, 2.75) is 39.0 Å². The summed E-state index contributed by atoms with van der Waals surface area (Å²) in [5, 5.41) is 0. The van der Waals surface area contributed by atoms with Gasteiger partial charge in [0.15, 0.2) is 0 Å². The normalized spacial score (nSPS) is 17.4. The fourth-order valence-corrected chi connectivity index (χ4v) is 3.71. The molecule has 1 aliphatic heterocycles. The second-order valence-corrected chi connectivity index (χ2v) is 8.17. The summed E-state index contributed by atoms with van der Waals surface area (Å²) in [6.07, 6.45) is 3.93. The monoisotopic (exact) mass is 401 g/mol. The van der Waals surface area contributed by atoms with E-state index in [0.717, 1.165) is 21.9 Å². The van der Waals surface area contributed by atoms with Crippen LogP contribution in [0, 0.1) is 5.92 Å². The number of ether oxygens (including phenoxy) is 1. The Hall–Kier alpha value is -1.32. The van der Waals surface area contributed by atoms with Gasteiger partial charge in [0.05, 0.1) is 4.47 Å². The minimum Gasteiger partial charge on any atom is -0.456 e. The minimum absolute atomic E-state index is 0.580. The largest absolute Gasteiger partial charge is 0.456 e. The predicted molar refractivity (Wildman–Crippen MR) is 109 cm³/mol. The highest BCUT2D eigenvalue weighted by Crippen LogP contribution is 2.30. The van der Waals surface area contributed by atoms with E-state index in [-0.39, 0.29) is 0 Å². The van der Waals surface area contributed by atoms with Crippen molar-refractivity contribution >= 4 is 15.9 Å². The number of likely N-dealkylation sites (tertiary alicyclic amines) is 1. The first-order valence-electron chi connectivity index (χ1n) is 9.36. The van der Waals surface area contributed by atoms with E-state index in [0.29, 0.717) is 5.92 Å². The average Bonchev–Trinajstić information content (AvgIpc) is 2.63. The van der Waals surface area contributed by atoms with Crippen LogP contribution in [0.2, 0.25) is 0 Å². The molecule has 2 nitrogen and oxygen atoms in total. The van der Waals surface area contributed by atoms with Gasteiger partial charge in [-0.3, -0.25) is 0 Å². The van der Waals surface area contributed by atoms with Gasteiger partial charge < -0.3 is 9.64 Å². The summed E-state index contributed by atoms with van der Waals surface area (Å²) in [4.78, 5) is 2.63. The molecule has 1 heterocycles. The molecule has 3 rings (SSSR count). The summed E-state index contributed by atoms with van der Waals surface area (Å²) in [5.41, 5.74) is 1.39. The van der Waals surface area contributed by atoms with Crippen LogP contribution in [-0.4, -0.2) is 24.5 Å². The molecular weight excluding hydrogens is 374 g/mol. The third-order valence-electron chi connectivity index (χ3n) is 5.27. The van der Waals surface area contributed by atoms with E-state index < -0.39 is 0 Å². The number of hydrogen-bond acceptors (Lipinski definition) is 2. The molecular formula is C22H28BrNO. The van der Waals surface area contributed by atoms with Crippen LogP contribution >= 0.6 is 15.9 Å². The summed E-state index contributed by atoms with van der Waals surface area (Å²) in [5.74, 6) is 3.22. The van der Waals surface area contributed by atoms with Crippen LogP contribution in [-0.2, 0) is 0 Å². The summed E-state index contributed by atoms with van der Waals surface area (Å²) >= 11 is 3.52. The van der Waals surface area contributed by atoms with E-state index in [1.165, 1.54) is 44.5 Å². The maximum Gasteiger partial charge on any atom is 0.141 e. The Morgan fingerprint density at radius 2 is 1.76 bits per heavy atom. The van der Waals surface area contributed by atoms with Gasteiger partial charge in [-0.2, -0.15) is 0 Å². The summed E-state index contributed by atoms with van der Waals surface area (Å²) in [6, 6.07) is 16.5. The maximum absolute atomic E-state index is 5.95. The molecule has 0 radical (unpaired) electrons. The molecule has 0 amide bonds. The zero-order chi connectivity index (χ0) is 17.6. The topological polar surface area (TPSA) is 12.5 Å². The molecule has 2 aromatic rings. The number of nitrogens with zero attached hydrogens (tertiary/aromatic N) is 1. The molecule has 0 N–H and O–H groups in total. The molecule has 25 heavy (non-hydrogen) atoms. The van der Waals surface area contributed by atoms with Gasteiger partial charge in [-0.25, -0.2) is 0 Å². The molecule has 1 atom stereocenters. The molecule has 0 aromatic heterocycles. The number of halogens is 1. The number of rotatable bonds is 6. The summed E-state index contributed by atoms with van der Waals surface area (Å²) < 4.78 is 6.93. The molecule has 0 spiro atoms. The van der Waals surface area contributed by atoms with E-state index in [9.17, 15) is 0 Å². The Morgan fingerprint density at radius 3 is 2.44 bits per heavy atom. The van der Waals surface area contributed by atoms with Crippen molar-refractivity contribution in [3.05, 3.63) is 58.6 Å². The molecule has 0 bridgehead atoms. The lowest BCUT2D eigenvalue weighted by Gasteiger charge is -2.31. The number of hydrogen-bond donors (Lipinski definition) is 0. The van der Waals surface area contributed by atoms with Gasteiger partial charge in [-0.15, -0.1) is 0 Å². The zero-order valence-corrected chi connectivity index (χ0v) is 16.8. The first kappa shape index (κ1) is 18.5. The third kappa shape index (κ3) is 5.32. The average molecular weight is 402 g/mol. The highest BCUT2D eigenvalue weighted by Gasteiger charge is 2.16. The van der Waals surface area contributed by atoms with Crippen LogP contribution in [0.4, 0.5) is 0 Å². The van der Waals surface area contributed by atoms with E-state index in [1.54, 1.807) is 0 Å². The second kappa shape index (κ2) is 8.86. The molecule has 0 aliphatic carbocycles. The van der Waals surface area contributed by atoms with Crippen molar-refractivity contribution < 1.29 is 4.74 Å². The lowest BCUT2D eigenvalue weighted by Crippen LogP contribution is -2.34. The molecule has 134 valence electrons. The predicted octanol–water partition coefficient (Wildman–Crippen LogP) is 6.47. The molecule has 3 heteroatoms. The van der Waals surface area contributed by atoms with E-state index in [1.807, 2.05) is 24.3 Å². The van der Waals surface area contributed by atoms with Crippen LogP contribution in [0.25, 0.3) is 0 Å².